The molecule has 0 bridgehead atoms. The van der Waals surface area contributed by atoms with Crippen molar-refractivity contribution in [3.8, 4) is 5.75 Å². The van der Waals surface area contributed by atoms with Crippen LogP contribution in [0.1, 0.15) is 38.0 Å². The second kappa shape index (κ2) is 11.4. The van der Waals surface area contributed by atoms with E-state index in [4.69, 9.17) is 9.47 Å². The number of para-hydroxylation sites is 1. The summed E-state index contributed by atoms with van der Waals surface area (Å²) < 4.78 is 10.5. The third-order valence-electron chi connectivity index (χ3n) is 6.04. The van der Waals surface area contributed by atoms with Crippen molar-refractivity contribution < 1.29 is 23.9 Å². The number of ether oxygens (including phenoxy) is 2. The van der Waals surface area contributed by atoms with Crippen LogP contribution in [0.25, 0.3) is 0 Å². The number of rotatable bonds is 7. The van der Waals surface area contributed by atoms with Crippen LogP contribution < -0.4 is 15.0 Å². The van der Waals surface area contributed by atoms with Crippen molar-refractivity contribution in [1.82, 2.24) is 4.90 Å². The van der Waals surface area contributed by atoms with E-state index in [1.165, 1.54) is 7.11 Å². The second-order valence-electron chi connectivity index (χ2n) is 8.25. The van der Waals surface area contributed by atoms with Gasteiger partial charge in [-0.2, -0.15) is 0 Å². The van der Waals surface area contributed by atoms with E-state index in [9.17, 15) is 14.4 Å². The Bertz CT molecular complexity index is 1240. The standard InChI is InChI=1S/C28H29N3O5/c1-3-36-28(34)21-13-14-24(23(19-21)29-26(32)22-11-7-8-12-25(22)35-2)30-15-17-31(18-16-30)27(33)20-9-5-4-6-10-20/h4-14,19H,3,15-18H2,1-2H3,(H,29,32). The fraction of sp³-hybridized carbons (Fsp3) is 0.250. The topological polar surface area (TPSA) is 88.2 Å². The smallest absolute Gasteiger partial charge is 0.338 e. The Labute approximate surface area is 210 Å². The molecule has 1 heterocycles. The quantitative estimate of drug-likeness (QED) is 0.505. The molecule has 0 aromatic heterocycles. The monoisotopic (exact) mass is 487 g/mol. The van der Waals surface area contributed by atoms with Gasteiger partial charge in [0.2, 0.25) is 0 Å². The Balaban J connectivity index is 1.57. The zero-order chi connectivity index (χ0) is 25.5. The highest BCUT2D eigenvalue weighted by Gasteiger charge is 2.25. The number of esters is 1. The summed E-state index contributed by atoms with van der Waals surface area (Å²) in [6, 6.07) is 21.3. The van der Waals surface area contributed by atoms with Gasteiger partial charge in [-0.3, -0.25) is 9.59 Å². The number of methoxy groups -OCH3 is 1. The first-order valence-corrected chi connectivity index (χ1v) is 11.9. The lowest BCUT2D eigenvalue weighted by Gasteiger charge is -2.37. The minimum Gasteiger partial charge on any atom is -0.496 e. The number of amides is 2. The van der Waals surface area contributed by atoms with Gasteiger partial charge in [-0.25, -0.2) is 4.79 Å². The Hall–Kier alpha value is -4.33. The summed E-state index contributed by atoms with van der Waals surface area (Å²) in [6.45, 7) is 4.22. The van der Waals surface area contributed by atoms with Crippen LogP contribution in [0.2, 0.25) is 0 Å². The third-order valence-corrected chi connectivity index (χ3v) is 6.04. The van der Waals surface area contributed by atoms with Crippen LogP contribution >= 0.6 is 0 Å². The average molecular weight is 488 g/mol. The summed E-state index contributed by atoms with van der Waals surface area (Å²) in [7, 11) is 1.51. The van der Waals surface area contributed by atoms with E-state index in [0.29, 0.717) is 54.3 Å². The number of hydrogen-bond donors (Lipinski definition) is 1. The summed E-state index contributed by atoms with van der Waals surface area (Å²) in [6.07, 6.45) is 0. The van der Waals surface area contributed by atoms with Gasteiger partial charge in [0, 0.05) is 31.7 Å². The molecule has 0 spiro atoms. The van der Waals surface area contributed by atoms with Gasteiger partial charge in [-0.05, 0) is 49.4 Å². The predicted octanol–water partition coefficient (Wildman–Crippen LogP) is 4.09. The molecule has 3 aromatic rings. The highest BCUT2D eigenvalue weighted by atomic mass is 16.5. The number of hydrogen-bond acceptors (Lipinski definition) is 6. The Morgan fingerprint density at radius 3 is 2.25 bits per heavy atom. The lowest BCUT2D eigenvalue weighted by molar-refractivity contribution is 0.0526. The summed E-state index contributed by atoms with van der Waals surface area (Å²) in [5.41, 5.74) is 2.63. The molecule has 1 fully saturated rings. The number of carbonyl (C=O) groups is 3. The first-order chi connectivity index (χ1) is 17.5. The number of anilines is 2. The number of benzene rings is 3. The minimum atomic E-state index is -0.463. The van der Waals surface area contributed by atoms with Crippen LogP contribution in [0.4, 0.5) is 11.4 Å². The fourth-order valence-corrected chi connectivity index (χ4v) is 4.19. The zero-order valence-electron chi connectivity index (χ0n) is 20.4. The van der Waals surface area contributed by atoms with E-state index in [2.05, 4.69) is 10.2 Å². The van der Waals surface area contributed by atoms with E-state index in [1.807, 2.05) is 35.2 Å². The molecule has 0 radical (unpaired) electrons. The van der Waals surface area contributed by atoms with Gasteiger partial charge < -0.3 is 24.6 Å². The van der Waals surface area contributed by atoms with Gasteiger partial charge in [-0.1, -0.05) is 30.3 Å². The van der Waals surface area contributed by atoms with Gasteiger partial charge in [0.25, 0.3) is 11.8 Å². The zero-order valence-corrected chi connectivity index (χ0v) is 20.4. The maximum absolute atomic E-state index is 13.2. The van der Waals surface area contributed by atoms with Crippen molar-refractivity contribution in [3.63, 3.8) is 0 Å². The maximum atomic E-state index is 13.2. The first-order valence-electron chi connectivity index (χ1n) is 11.9. The minimum absolute atomic E-state index is 0.00221. The number of nitrogens with zero attached hydrogens (tertiary/aromatic N) is 2. The van der Waals surface area contributed by atoms with Crippen molar-refractivity contribution in [3.05, 3.63) is 89.5 Å². The molecule has 0 saturated carbocycles. The van der Waals surface area contributed by atoms with E-state index in [1.54, 1.807) is 49.4 Å². The van der Waals surface area contributed by atoms with Crippen molar-refractivity contribution in [2.45, 2.75) is 6.92 Å². The highest BCUT2D eigenvalue weighted by molar-refractivity contribution is 6.08. The molecule has 0 atom stereocenters. The maximum Gasteiger partial charge on any atom is 0.338 e. The van der Waals surface area contributed by atoms with Crippen molar-refractivity contribution >= 4 is 29.2 Å². The van der Waals surface area contributed by atoms with Gasteiger partial charge >= 0.3 is 5.97 Å². The Morgan fingerprint density at radius 1 is 0.861 bits per heavy atom. The molecule has 1 N–H and O–H groups in total. The molecule has 36 heavy (non-hydrogen) atoms. The highest BCUT2D eigenvalue weighted by Crippen LogP contribution is 2.30. The van der Waals surface area contributed by atoms with Crippen LogP contribution in [0.3, 0.4) is 0 Å². The molecule has 2 amide bonds. The first kappa shape index (κ1) is 24.8. The lowest BCUT2D eigenvalue weighted by Crippen LogP contribution is -2.49. The van der Waals surface area contributed by atoms with Crippen molar-refractivity contribution in [1.29, 1.82) is 0 Å². The Kier molecular flexibility index (Phi) is 7.85. The molecule has 0 aliphatic carbocycles. The lowest BCUT2D eigenvalue weighted by atomic mass is 10.1. The van der Waals surface area contributed by atoms with E-state index in [-0.39, 0.29) is 18.4 Å². The number of carbonyl (C=O) groups excluding carboxylic acids is 3. The van der Waals surface area contributed by atoms with Crippen LogP contribution in [0, 0.1) is 0 Å². The van der Waals surface area contributed by atoms with Crippen LogP contribution in [0.15, 0.2) is 72.8 Å². The third kappa shape index (κ3) is 5.49. The second-order valence-corrected chi connectivity index (χ2v) is 8.25. The van der Waals surface area contributed by atoms with Crippen molar-refractivity contribution in [2.75, 3.05) is 50.1 Å². The van der Waals surface area contributed by atoms with E-state index >= 15 is 0 Å². The van der Waals surface area contributed by atoms with Gasteiger partial charge in [-0.15, -0.1) is 0 Å². The normalized spacial score (nSPS) is 13.2. The molecule has 0 unspecified atom stereocenters. The summed E-state index contributed by atoms with van der Waals surface area (Å²) >= 11 is 0. The fourth-order valence-electron chi connectivity index (χ4n) is 4.19. The summed E-state index contributed by atoms with van der Waals surface area (Å²) in [4.78, 5) is 42.3. The number of piperazine rings is 1. The molecule has 3 aromatic carbocycles. The molecule has 8 nitrogen and oxygen atoms in total. The molecule has 1 aliphatic heterocycles. The van der Waals surface area contributed by atoms with Crippen LogP contribution in [0.5, 0.6) is 5.75 Å². The molecule has 8 heteroatoms. The molecule has 1 aliphatic rings. The predicted molar refractivity (Wildman–Crippen MR) is 138 cm³/mol. The molecular weight excluding hydrogens is 458 g/mol. The van der Waals surface area contributed by atoms with E-state index in [0.717, 1.165) is 5.69 Å². The number of nitrogens with one attached hydrogen (secondary N) is 1. The molecular formula is C28H29N3O5. The van der Waals surface area contributed by atoms with Gasteiger partial charge in [0.15, 0.2) is 0 Å². The molecule has 1 saturated heterocycles. The summed E-state index contributed by atoms with van der Waals surface area (Å²) in [5, 5.41) is 2.95. The molecule has 4 rings (SSSR count). The Morgan fingerprint density at radius 2 is 1.56 bits per heavy atom. The molecule has 186 valence electrons. The van der Waals surface area contributed by atoms with E-state index < -0.39 is 5.97 Å². The van der Waals surface area contributed by atoms with Gasteiger partial charge in [0.1, 0.15) is 5.75 Å². The van der Waals surface area contributed by atoms with Crippen LogP contribution in [-0.4, -0.2) is 62.6 Å². The largest absolute Gasteiger partial charge is 0.496 e. The summed E-state index contributed by atoms with van der Waals surface area (Å²) in [5.74, 6) is -0.369. The SMILES string of the molecule is CCOC(=O)c1ccc(N2CCN(C(=O)c3ccccc3)CC2)c(NC(=O)c2ccccc2OC)c1. The average Bonchev–Trinajstić information content (AvgIpc) is 2.93. The van der Waals surface area contributed by atoms with Crippen molar-refractivity contribution in [2.24, 2.45) is 0 Å². The van der Waals surface area contributed by atoms with Crippen LogP contribution in [-0.2, 0) is 4.74 Å². The van der Waals surface area contributed by atoms with Gasteiger partial charge in [0.05, 0.1) is 36.2 Å².